The lowest BCUT2D eigenvalue weighted by atomic mass is 10.1. The van der Waals surface area contributed by atoms with Gasteiger partial charge in [0.05, 0.1) is 16.3 Å². The second-order valence-corrected chi connectivity index (χ2v) is 11.2. The van der Waals surface area contributed by atoms with Crippen LogP contribution < -0.4 is 4.90 Å². The molecule has 0 radical (unpaired) electrons. The molecule has 1 fully saturated rings. The molecular formula is C27H19ClN2O2S3. The third kappa shape index (κ3) is 4.95. The van der Waals surface area contributed by atoms with E-state index in [0.29, 0.717) is 19.9 Å². The Bertz CT molecular complexity index is 1420. The number of amides is 2. The van der Waals surface area contributed by atoms with Gasteiger partial charge in [0.1, 0.15) is 10.9 Å². The summed E-state index contributed by atoms with van der Waals surface area (Å²) in [5.74, 6) is -0.518. The Balaban J connectivity index is 1.41. The predicted octanol–water partition coefficient (Wildman–Crippen LogP) is 7.32. The molecule has 0 aliphatic carbocycles. The molecular weight excluding hydrogens is 516 g/mol. The highest BCUT2D eigenvalue weighted by Gasteiger charge is 2.36. The van der Waals surface area contributed by atoms with Crippen molar-refractivity contribution in [1.82, 2.24) is 4.90 Å². The number of anilines is 2. The molecule has 3 aromatic carbocycles. The Labute approximate surface area is 222 Å². The number of carbonyl (C=O) groups excluding carboxylic acids is 2. The minimum Gasteiger partial charge on any atom is -0.283 e. The molecule has 2 amide bonds. The van der Waals surface area contributed by atoms with E-state index in [1.165, 1.54) is 16.7 Å². The smallest absolute Gasteiger partial charge is 0.266 e. The van der Waals surface area contributed by atoms with Crippen molar-refractivity contribution >= 4 is 80.9 Å². The molecule has 0 aromatic heterocycles. The SMILES string of the molecule is CC(/C=C1\SC(=S)N(CC(=O)N2c3ccccc3Sc3ccc(Cl)cc32)C1=O)=C\c1ccccc1. The van der Waals surface area contributed by atoms with Gasteiger partial charge in [0.25, 0.3) is 11.8 Å². The first-order valence-corrected chi connectivity index (χ1v) is 13.2. The van der Waals surface area contributed by atoms with E-state index in [9.17, 15) is 9.59 Å². The Morgan fingerprint density at radius 2 is 1.69 bits per heavy atom. The van der Waals surface area contributed by atoms with Gasteiger partial charge >= 0.3 is 0 Å². The normalized spacial score (nSPS) is 16.5. The van der Waals surface area contributed by atoms with Crippen molar-refractivity contribution in [3.63, 3.8) is 0 Å². The summed E-state index contributed by atoms with van der Waals surface area (Å²) < 4.78 is 0.369. The average Bonchev–Trinajstić information content (AvgIpc) is 3.10. The van der Waals surface area contributed by atoms with Crippen molar-refractivity contribution in [2.45, 2.75) is 16.7 Å². The van der Waals surface area contributed by atoms with Crippen LogP contribution in [-0.4, -0.2) is 27.6 Å². The zero-order valence-electron chi connectivity index (χ0n) is 18.6. The Morgan fingerprint density at radius 3 is 2.49 bits per heavy atom. The molecule has 2 aliphatic rings. The largest absolute Gasteiger partial charge is 0.283 e. The summed E-state index contributed by atoms with van der Waals surface area (Å²) in [4.78, 5) is 32.2. The number of thioether (sulfide) groups is 1. The second kappa shape index (κ2) is 10.0. The molecule has 35 heavy (non-hydrogen) atoms. The predicted molar refractivity (Wildman–Crippen MR) is 149 cm³/mol. The number of halogens is 1. The fourth-order valence-electron chi connectivity index (χ4n) is 3.90. The molecule has 3 aromatic rings. The van der Waals surface area contributed by atoms with Gasteiger partial charge in [-0.15, -0.1) is 0 Å². The molecule has 2 aliphatic heterocycles. The van der Waals surface area contributed by atoms with E-state index in [1.54, 1.807) is 22.7 Å². The maximum Gasteiger partial charge on any atom is 0.266 e. The van der Waals surface area contributed by atoms with E-state index in [1.807, 2.05) is 85.8 Å². The van der Waals surface area contributed by atoms with Gasteiger partial charge in [-0.05, 0) is 54.5 Å². The molecule has 0 spiro atoms. The fraction of sp³-hybridized carbons (Fsp3) is 0.0741. The number of hydrogen-bond donors (Lipinski definition) is 0. The lowest BCUT2D eigenvalue weighted by Gasteiger charge is -2.32. The summed E-state index contributed by atoms with van der Waals surface area (Å²) in [5.41, 5.74) is 3.44. The number of thiocarbonyl (C=S) groups is 1. The van der Waals surface area contributed by atoms with Gasteiger partial charge < -0.3 is 0 Å². The number of rotatable bonds is 4. The zero-order chi connectivity index (χ0) is 24.5. The lowest BCUT2D eigenvalue weighted by Crippen LogP contribution is -2.41. The van der Waals surface area contributed by atoms with Crippen molar-refractivity contribution in [2.24, 2.45) is 0 Å². The third-order valence-corrected chi connectivity index (χ3v) is 8.20. The maximum absolute atomic E-state index is 13.6. The number of nitrogens with zero attached hydrogens (tertiary/aromatic N) is 2. The van der Waals surface area contributed by atoms with Gasteiger partial charge in [0.15, 0.2) is 0 Å². The summed E-state index contributed by atoms with van der Waals surface area (Å²) in [6.07, 6.45) is 3.82. The number of benzene rings is 3. The van der Waals surface area contributed by atoms with Gasteiger partial charge in [-0.25, -0.2) is 0 Å². The van der Waals surface area contributed by atoms with Crippen molar-refractivity contribution in [1.29, 1.82) is 0 Å². The van der Waals surface area contributed by atoms with Crippen LogP contribution in [-0.2, 0) is 9.59 Å². The number of para-hydroxylation sites is 1. The molecule has 2 heterocycles. The second-order valence-electron chi connectivity index (χ2n) is 7.98. The maximum atomic E-state index is 13.6. The highest BCUT2D eigenvalue weighted by molar-refractivity contribution is 8.26. The summed E-state index contributed by atoms with van der Waals surface area (Å²) in [6.45, 7) is 1.78. The highest BCUT2D eigenvalue weighted by atomic mass is 35.5. The van der Waals surface area contributed by atoms with Crippen LogP contribution in [0.25, 0.3) is 6.08 Å². The average molecular weight is 535 g/mol. The van der Waals surface area contributed by atoms with E-state index < -0.39 is 0 Å². The van der Waals surface area contributed by atoms with Crippen LogP contribution in [0.4, 0.5) is 11.4 Å². The van der Waals surface area contributed by atoms with E-state index in [2.05, 4.69) is 0 Å². The van der Waals surface area contributed by atoms with Crippen molar-refractivity contribution in [2.75, 3.05) is 11.4 Å². The third-order valence-electron chi connectivity index (χ3n) is 5.46. The minimum atomic E-state index is -0.264. The fourth-order valence-corrected chi connectivity index (χ4v) is 6.41. The highest BCUT2D eigenvalue weighted by Crippen LogP contribution is 2.49. The van der Waals surface area contributed by atoms with E-state index in [0.717, 1.165) is 26.6 Å². The molecule has 0 N–H and O–H groups in total. The summed E-state index contributed by atoms with van der Waals surface area (Å²) in [6, 6.07) is 23.1. The first-order chi connectivity index (χ1) is 16.9. The summed E-state index contributed by atoms with van der Waals surface area (Å²) >= 11 is 14.6. The van der Waals surface area contributed by atoms with Crippen LogP contribution in [0, 0.1) is 0 Å². The molecule has 0 unspecified atom stereocenters. The van der Waals surface area contributed by atoms with Gasteiger partial charge in [-0.2, -0.15) is 0 Å². The van der Waals surface area contributed by atoms with Crippen LogP contribution in [0.5, 0.6) is 0 Å². The van der Waals surface area contributed by atoms with Crippen molar-refractivity contribution in [3.8, 4) is 0 Å². The van der Waals surface area contributed by atoms with Crippen molar-refractivity contribution < 1.29 is 9.59 Å². The van der Waals surface area contributed by atoms with E-state index in [4.69, 9.17) is 23.8 Å². The van der Waals surface area contributed by atoms with Gasteiger partial charge in [0.2, 0.25) is 0 Å². The van der Waals surface area contributed by atoms with Gasteiger partial charge in [-0.3, -0.25) is 19.4 Å². The van der Waals surface area contributed by atoms with Crippen LogP contribution in [0.3, 0.4) is 0 Å². The van der Waals surface area contributed by atoms with Gasteiger partial charge in [-0.1, -0.05) is 95.9 Å². The first kappa shape index (κ1) is 23.9. The first-order valence-electron chi connectivity index (χ1n) is 10.8. The quantitative estimate of drug-likeness (QED) is 0.259. The topological polar surface area (TPSA) is 40.6 Å². The number of fused-ring (bicyclic) bond motifs is 2. The Kier molecular flexibility index (Phi) is 6.84. The summed E-state index contributed by atoms with van der Waals surface area (Å²) in [7, 11) is 0. The standard InChI is InChI=1S/C27H19ClN2O2S3/c1-17(13-18-7-3-2-4-8-18)14-24-26(32)29(27(33)35-24)16-25(31)30-20-9-5-6-10-22(20)34-23-12-11-19(28)15-21(23)30/h2-15H,16H2,1H3/b17-13+,24-14-. The molecule has 0 saturated carbocycles. The molecule has 174 valence electrons. The lowest BCUT2D eigenvalue weighted by molar-refractivity contribution is -0.127. The summed E-state index contributed by atoms with van der Waals surface area (Å²) in [5, 5.41) is 0.538. The van der Waals surface area contributed by atoms with E-state index >= 15 is 0 Å². The van der Waals surface area contributed by atoms with Crippen LogP contribution >= 0.6 is 47.3 Å². The molecule has 0 atom stereocenters. The van der Waals surface area contributed by atoms with Crippen LogP contribution in [0.1, 0.15) is 12.5 Å². The minimum absolute atomic E-state index is 0.158. The Morgan fingerprint density at radius 1 is 0.971 bits per heavy atom. The van der Waals surface area contributed by atoms with E-state index in [-0.39, 0.29) is 18.4 Å². The molecule has 1 saturated heterocycles. The van der Waals surface area contributed by atoms with Crippen molar-refractivity contribution in [3.05, 3.63) is 99.9 Å². The molecule has 8 heteroatoms. The van der Waals surface area contributed by atoms with Crippen LogP contribution in [0.2, 0.25) is 5.02 Å². The van der Waals surface area contributed by atoms with Crippen LogP contribution in [0.15, 0.2) is 99.1 Å². The number of hydrogen-bond acceptors (Lipinski definition) is 5. The molecule has 5 rings (SSSR count). The molecule has 4 nitrogen and oxygen atoms in total. The van der Waals surface area contributed by atoms with Gasteiger partial charge in [0, 0.05) is 14.8 Å². The number of allylic oxidation sites excluding steroid dienone is 2. The Hall–Kier alpha value is -2.84. The number of carbonyl (C=O) groups is 2. The molecule has 0 bridgehead atoms. The monoisotopic (exact) mass is 534 g/mol. The zero-order valence-corrected chi connectivity index (χ0v) is 21.8.